The SMILES string of the molecule is S=C(NNc1ccccc1Cl)Sc1ccccc1. The Morgan fingerprint density at radius 3 is 2.39 bits per heavy atom. The van der Waals surface area contributed by atoms with Gasteiger partial charge >= 0.3 is 0 Å². The van der Waals surface area contributed by atoms with E-state index in [1.54, 1.807) is 0 Å². The van der Waals surface area contributed by atoms with Crippen molar-refractivity contribution in [1.82, 2.24) is 5.43 Å². The topological polar surface area (TPSA) is 24.1 Å². The second kappa shape index (κ2) is 6.64. The van der Waals surface area contributed by atoms with Crippen LogP contribution >= 0.6 is 35.6 Å². The van der Waals surface area contributed by atoms with Gasteiger partial charge in [-0.1, -0.05) is 65.9 Å². The average Bonchev–Trinajstić information content (AvgIpc) is 2.39. The first-order valence-electron chi connectivity index (χ1n) is 5.29. The summed E-state index contributed by atoms with van der Waals surface area (Å²) in [6, 6.07) is 17.4. The Morgan fingerprint density at radius 2 is 1.67 bits per heavy atom. The highest BCUT2D eigenvalue weighted by atomic mass is 35.5. The number of hydrogen-bond donors (Lipinski definition) is 2. The molecule has 5 heteroatoms. The van der Waals surface area contributed by atoms with Crippen molar-refractivity contribution in [1.29, 1.82) is 0 Å². The molecule has 0 bridgehead atoms. The van der Waals surface area contributed by atoms with E-state index in [-0.39, 0.29) is 0 Å². The van der Waals surface area contributed by atoms with Crippen LogP contribution in [0.15, 0.2) is 59.5 Å². The Kier molecular flexibility index (Phi) is 4.87. The van der Waals surface area contributed by atoms with E-state index in [2.05, 4.69) is 10.9 Å². The highest BCUT2D eigenvalue weighted by Gasteiger charge is 2.01. The van der Waals surface area contributed by atoms with E-state index in [1.165, 1.54) is 11.8 Å². The van der Waals surface area contributed by atoms with Crippen molar-refractivity contribution >= 4 is 45.6 Å². The van der Waals surface area contributed by atoms with Gasteiger partial charge in [-0.25, -0.2) is 0 Å². The lowest BCUT2D eigenvalue weighted by atomic mass is 10.3. The number of thioether (sulfide) groups is 1. The van der Waals surface area contributed by atoms with Crippen LogP contribution in [0.2, 0.25) is 5.02 Å². The van der Waals surface area contributed by atoms with E-state index in [9.17, 15) is 0 Å². The number of benzene rings is 2. The molecule has 0 amide bonds. The number of hydrogen-bond acceptors (Lipinski definition) is 3. The molecule has 0 aromatic heterocycles. The first-order valence-corrected chi connectivity index (χ1v) is 6.89. The van der Waals surface area contributed by atoms with Crippen LogP contribution in [-0.2, 0) is 0 Å². The molecule has 2 rings (SSSR count). The van der Waals surface area contributed by atoms with Crippen LogP contribution in [0.5, 0.6) is 0 Å². The Morgan fingerprint density at radius 1 is 1.00 bits per heavy atom. The van der Waals surface area contributed by atoms with Crippen LogP contribution in [0, 0.1) is 0 Å². The summed E-state index contributed by atoms with van der Waals surface area (Å²) in [6.45, 7) is 0. The Hall–Kier alpha value is -1.23. The van der Waals surface area contributed by atoms with Crippen LogP contribution in [0.25, 0.3) is 0 Å². The van der Waals surface area contributed by atoms with Gasteiger partial charge in [-0.2, -0.15) is 0 Å². The third-order valence-electron chi connectivity index (χ3n) is 2.13. The minimum absolute atomic E-state index is 0.640. The largest absolute Gasteiger partial charge is 0.298 e. The molecule has 0 aliphatic rings. The van der Waals surface area contributed by atoms with Crippen molar-refractivity contribution in [2.45, 2.75) is 4.90 Å². The maximum Gasteiger partial charge on any atom is 0.157 e. The molecule has 0 saturated carbocycles. The number of halogens is 1. The molecule has 2 aromatic rings. The minimum atomic E-state index is 0.640. The number of nitrogens with one attached hydrogen (secondary N) is 2. The summed E-state index contributed by atoms with van der Waals surface area (Å²) >= 11 is 12.7. The molecule has 0 saturated heterocycles. The van der Waals surface area contributed by atoms with Crippen LogP contribution in [0.4, 0.5) is 5.69 Å². The monoisotopic (exact) mass is 294 g/mol. The first kappa shape index (κ1) is 13.2. The molecular weight excluding hydrogens is 284 g/mol. The van der Waals surface area contributed by atoms with Crippen LogP contribution in [0.1, 0.15) is 0 Å². The standard InChI is InChI=1S/C13H11ClN2S2/c14-11-8-4-5-9-12(11)15-16-13(17)18-10-6-2-1-3-7-10/h1-9,15H,(H,16,17). The Bertz CT molecular complexity index is 532. The fourth-order valence-corrected chi connectivity index (χ4v) is 2.43. The molecular formula is C13H11ClN2S2. The maximum atomic E-state index is 6.02. The van der Waals surface area contributed by atoms with Crippen LogP contribution in [0.3, 0.4) is 0 Å². The van der Waals surface area contributed by atoms with Crippen molar-refractivity contribution in [2.75, 3.05) is 5.43 Å². The molecule has 0 unspecified atom stereocenters. The third kappa shape index (κ3) is 3.91. The van der Waals surface area contributed by atoms with E-state index in [1.807, 2.05) is 54.6 Å². The van der Waals surface area contributed by atoms with Crippen molar-refractivity contribution in [2.24, 2.45) is 0 Å². The number of hydrazine groups is 1. The summed E-state index contributed by atoms with van der Waals surface area (Å²) in [5, 5.41) is 0.650. The van der Waals surface area contributed by atoms with Gasteiger partial charge in [-0.05, 0) is 24.3 Å². The Labute approximate surface area is 121 Å². The number of anilines is 1. The summed E-state index contributed by atoms with van der Waals surface area (Å²) in [4.78, 5) is 1.09. The van der Waals surface area contributed by atoms with Gasteiger partial charge in [0.05, 0.1) is 10.7 Å². The third-order valence-corrected chi connectivity index (χ3v) is 3.60. The molecule has 0 aliphatic carbocycles. The smallest absolute Gasteiger partial charge is 0.157 e. The normalized spacial score (nSPS) is 9.83. The highest BCUT2D eigenvalue weighted by Crippen LogP contribution is 2.21. The van der Waals surface area contributed by atoms with Gasteiger partial charge in [0.25, 0.3) is 0 Å². The molecule has 92 valence electrons. The lowest BCUT2D eigenvalue weighted by Gasteiger charge is -2.11. The molecule has 0 radical (unpaired) electrons. The molecule has 0 atom stereocenters. The zero-order chi connectivity index (χ0) is 12.8. The molecule has 2 aromatic carbocycles. The predicted octanol–water partition coefficient (Wildman–Crippen LogP) is 4.33. The van der Waals surface area contributed by atoms with Gasteiger partial charge in [0.2, 0.25) is 0 Å². The van der Waals surface area contributed by atoms with Crippen molar-refractivity contribution in [3.63, 3.8) is 0 Å². The van der Waals surface area contributed by atoms with Gasteiger partial charge in [-0.3, -0.25) is 10.9 Å². The van der Waals surface area contributed by atoms with Crippen LogP contribution < -0.4 is 10.9 Å². The molecule has 0 heterocycles. The van der Waals surface area contributed by atoms with E-state index in [0.717, 1.165) is 10.6 Å². The number of thiocarbonyl (C=S) groups is 1. The zero-order valence-corrected chi connectivity index (χ0v) is 11.8. The first-order chi connectivity index (χ1) is 8.75. The van der Waals surface area contributed by atoms with E-state index < -0.39 is 0 Å². The molecule has 0 aliphatic heterocycles. The van der Waals surface area contributed by atoms with E-state index >= 15 is 0 Å². The number of para-hydroxylation sites is 1. The molecule has 18 heavy (non-hydrogen) atoms. The molecule has 0 spiro atoms. The second-order valence-corrected chi connectivity index (χ2v) is 5.59. The van der Waals surface area contributed by atoms with Gasteiger partial charge in [0.1, 0.15) is 0 Å². The molecule has 2 N–H and O–H groups in total. The fourth-order valence-electron chi connectivity index (χ4n) is 1.30. The highest BCUT2D eigenvalue weighted by molar-refractivity contribution is 8.23. The van der Waals surface area contributed by atoms with Crippen molar-refractivity contribution in [3.8, 4) is 0 Å². The van der Waals surface area contributed by atoms with Crippen LogP contribution in [-0.4, -0.2) is 4.32 Å². The van der Waals surface area contributed by atoms with E-state index in [0.29, 0.717) is 9.34 Å². The lowest BCUT2D eigenvalue weighted by molar-refractivity contribution is 1.16. The van der Waals surface area contributed by atoms with E-state index in [4.69, 9.17) is 23.8 Å². The Balaban J connectivity index is 1.88. The molecule has 0 fully saturated rings. The lowest BCUT2D eigenvalue weighted by Crippen LogP contribution is -2.25. The summed E-state index contributed by atoms with van der Waals surface area (Å²) in [6.07, 6.45) is 0. The van der Waals surface area contributed by atoms with Gasteiger partial charge in [-0.15, -0.1) is 0 Å². The minimum Gasteiger partial charge on any atom is -0.298 e. The van der Waals surface area contributed by atoms with Gasteiger partial charge in [0.15, 0.2) is 4.32 Å². The predicted molar refractivity (Wildman–Crippen MR) is 83.1 cm³/mol. The molecule has 2 nitrogen and oxygen atoms in total. The summed E-state index contributed by atoms with van der Waals surface area (Å²) in [5.74, 6) is 0. The van der Waals surface area contributed by atoms with Crippen molar-refractivity contribution in [3.05, 3.63) is 59.6 Å². The number of rotatable bonds is 3. The zero-order valence-electron chi connectivity index (χ0n) is 9.39. The summed E-state index contributed by atoms with van der Waals surface area (Å²) < 4.78 is 0.640. The van der Waals surface area contributed by atoms with Gasteiger partial charge < -0.3 is 0 Å². The fraction of sp³-hybridized carbons (Fsp3) is 0. The maximum absolute atomic E-state index is 6.02. The second-order valence-electron chi connectivity index (χ2n) is 3.43. The van der Waals surface area contributed by atoms with Crippen molar-refractivity contribution < 1.29 is 0 Å². The van der Waals surface area contributed by atoms with Gasteiger partial charge in [0, 0.05) is 4.90 Å². The average molecular weight is 295 g/mol. The summed E-state index contributed by atoms with van der Waals surface area (Å²) in [7, 11) is 0. The summed E-state index contributed by atoms with van der Waals surface area (Å²) in [5.41, 5.74) is 6.74. The quantitative estimate of drug-likeness (QED) is 0.500.